The lowest BCUT2D eigenvalue weighted by Crippen LogP contribution is -2.40. The van der Waals surface area contributed by atoms with E-state index in [0.29, 0.717) is 31.8 Å². The molecular weight excluding hydrogens is 392 g/mol. The Morgan fingerprint density at radius 2 is 1.94 bits per heavy atom. The Labute approximate surface area is 182 Å². The Morgan fingerprint density at radius 3 is 2.55 bits per heavy atom. The summed E-state index contributed by atoms with van der Waals surface area (Å²) in [6.07, 6.45) is 2.11. The number of benzene rings is 1. The molecule has 7 heteroatoms. The van der Waals surface area contributed by atoms with E-state index in [4.69, 9.17) is 10.2 Å². The van der Waals surface area contributed by atoms with Crippen LogP contribution in [0.4, 0.5) is 0 Å². The van der Waals surface area contributed by atoms with E-state index >= 15 is 0 Å². The first-order valence-electron chi connectivity index (χ1n) is 10.7. The van der Waals surface area contributed by atoms with Crippen molar-refractivity contribution in [1.29, 1.82) is 0 Å². The molecule has 0 saturated heterocycles. The molecular formula is C24H32N4O3. The number of furan rings is 1. The Balaban J connectivity index is 2.05. The highest BCUT2D eigenvalue weighted by molar-refractivity contribution is 6.06. The highest BCUT2D eigenvalue weighted by Gasteiger charge is 2.28. The lowest BCUT2D eigenvalue weighted by atomic mass is 10.0. The van der Waals surface area contributed by atoms with E-state index in [2.05, 4.69) is 4.98 Å². The summed E-state index contributed by atoms with van der Waals surface area (Å²) < 4.78 is 7.26. The topological polar surface area (TPSA) is 94.4 Å². The summed E-state index contributed by atoms with van der Waals surface area (Å²) in [5, 5.41) is 0.246. The van der Waals surface area contributed by atoms with Gasteiger partial charge in [-0.05, 0) is 38.7 Å². The van der Waals surface area contributed by atoms with E-state index in [1.807, 2.05) is 58.0 Å². The molecule has 3 rings (SSSR count). The predicted molar refractivity (Wildman–Crippen MR) is 122 cm³/mol. The fourth-order valence-electron chi connectivity index (χ4n) is 3.56. The number of hydrogen-bond donors (Lipinski definition) is 1. The molecule has 0 radical (unpaired) electrons. The third-order valence-electron chi connectivity index (χ3n) is 5.16. The smallest absolute Gasteiger partial charge is 0.265 e. The predicted octanol–water partition coefficient (Wildman–Crippen LogP) is 3.72. The molecule has 0 aliphatic heterocycles. The van der Waals surface area contributed by atoms with Gasteiger partial charge in [-0.1, -0.05) is 44.2 Å². The standard InChI is InChI=1S/C24H32N4O3/c1-16(2)13-28-15-26-21-20(23(28)30)19(17(3)31-21)22(29)27(12-11-24(4,5)25)14-18-9-7-6-8-10-18/h6-10,15-16H,11-14,25H2,1-5H3. The van der Waals surface area contributed by atoms with Crippen molar-refractivity contribution in [2.24, 2.45) is 11.7 Å². The van der Waals surface area contributed by atoms with Crippen LogP contribution in [0.25, 0.3) is 11.1 Å². The van der Waals surface area contributed by atoms with Gasteiger partial charge in [0.05, 0.1) is 5.56 Å². The number of aryl methyl sites for hydroxylation is 1. The Bertz CT molecular complexity index is 1110. The second-order valence-electron chi connectivity index (χ2n) is 9.26. The molecule has 0 fully saturated rings. The molecule has 1 aromatic carbocycles. The minimum atomic E-state index is -0.422. The summed E-state index contributed by atoms with van der Waals surface area (Å²) in [6.45, 7) is 11.0. The van der Waals surface area contributed by atoms with E-state index < -0.39 is 5.54 Å². The molecule has 0 spiro atoms. The molecule has 0 bridgehead atoms. The molecule has 0 unspecified atom stereocenters. The summed E-state index contributed by atoms with van der Waals surface area (Å²) in [5.41, 5.74) is 7.01. The summed E-state index contributed by atoms with van der Waals surface area (Å²) in [7, 11) is 0. The molecule has 7 nitrogen and oxygen atoms in total. The molecule has 166 valence electrons. The van der Waals surface area contributed by atoms with Crippen molar-refractivity contribution in [3.8, 4) is 0 Å². The first-order valence-corrected chi connectivity index (χ1v) is 10.7. The highest BCUT2D eigenvalue weighted by atomic mass is 16.3. The molecule has 0 aliphatic carbocycles. The maximum Gasteiger partial charge on any atom is 0.265 e. The van der Waals surface area contributed by atoms with Crippen molar-refractivity contribution < 1.29 is 9.21 Å². The van der Waals surface area contributed by atoms with Gasteiger partial charge in [-0.15, -0.1) is 0 Å². The molecule has 31 heavy (non-hydrogen) atoms. The second-order valence-corrected chi connectivity index (χ2v) is 9.26. The van der Waals surface area contributed by atoms with E-state index in [-0.39, 0.29) is 34.0 Å². The number of nitrogens with zero attached hydrogens (tertiary/aromatic N) is 3. The molecule has 0 saturated carbocycles. The van der Waals surface area contributed by atoms with Crippen molar-refractivity contribution in [1.82, 2.24) is 14.5 Å². The Kier molecular flexibility index (Phi) is 6.65. The fourth-order valence-corrected chi connectivity index (χ4v) is 3.56. The van der Waals surface area contributed by atoms with Gasteiger partial charge in [-0.2, -0.15) is 0 Å². The SMILES string of the molecule is Cc1oc2ncn(CC(C)C)c(=O)c2c1C(=O)N(CCC(C)(C)N)Cc1ccccc1. The number of nitrogens with two attached hydrogens (primary N) is 1. The van der Waals surface area contributed by atoms with Crippen LogP contribution in [0.5, 0.6) is 0 Å². The molecule has 0 aliphatic rings. The first-order chi connectivity index (χ1) is 14.6. The average molecular weight is 425 g/mol. The van der Waals surface area contributed by atoms with Crippen molar-refractivity contribution in [2.75, 3.05) is 6.54 Å². The third-order valence-corrected chi connectivity index (χ3v) is 5.16. The van der Waals surface area contributed by atoms with E-state index in [0.717, 1.165) is 5.56 Å². The number of aromatic nitrogens is 2. The summed E-state index contributed by atoms with van der Waals surface area (Å²) in [6, 6.07) is 9.78. The zero-order valence-corrected chi connectivity index (χ0v) is 19.0. The van der Waals surface area contributed by atoms with E-state index in [1.165, 1.54) is 6.33 Å². The average Bonchev–Trinajstić information content (AvgIpc) is 3.03. The number of fused-ring (bicyclic) bond motifs is 1. The van der Waals surface area contributed by atoms with E-state index in [1.54, 1.807) is 16.4 Å². The van der Waals surface area contributed by atoms with Gasteiger partial charge in [-0.25, -0.2) is 4.98 Å². The van der Waals surface area contributed by atoms with Crippen LogP contribution in [0, 0.1) is 12.8 Å². The van der Waals surface area contributed by atoms with Gasteiger partial charge in [0.15, 0.2) is 0 Å². The normalized spacial score (nSPS) is 12.0. The minimum Gasteiger partial charge on any atom is -0.442 e. The largest absolute Gasteiger partial charge is 0.442 e. The number of carbonyl (C=O) groups excluding carboxylic acids is 1. The zero-order chi connectivity index (χ0) is 22.8. The van der Waals surface area contributed by atoms with Crippen LogP contribution in [0.15, 0.2) is 45.9 Å². The van der Waals surface area contributed by atoms with Gasteiger partial charge < -0.3 is 15.1 Å². The Morgan fingerprint density at radius 1 is 1.26 bits per heavy atom. The van der Waals surface area contributed by atoms with Gasteiger partial charge in [0.1, 0.15) is 17.5 Å². The maximum atomic E-state index is 13.7. The van der Waals surface area contributed by atoms with Crippen molar-refractivity contribution in [3.05, 3.63) is 63.9 Å². The van der Waals surface area contributed by atoms with Gasteiger partial charge in [0.25, 0.3) is 11.5 Å². The lowest BCUT2D eigenvalue weighted by molar-refractivity contribution is 0.0732. The highest BCUT2D eigenvalue weighted by Crippen LogP contribution is 2.24. The van der Waals surface area contributed by atoms with Crippen molar-refractivity contribution >= 4 is 17.0 Å². The summed E-state index contributed by atoms with van der Waals surface area (Å²) in [5.74, 6) is 0.424. The maximum absolute atomic E-state index is 13.7. The molecule has 1 amide bonds. The molecule has 2 N–H and O–H groups in total. The van der Waals surface area contributed by atoms with Crippen molar-refractivity contribution in [2.45, 2.75) is 59.7 Å². The summed E-state index contributed by atoms with van der Waals surface area (Å²) in [4.78, 5) is 32.9. The lowest BCUT2D eigenvalue weighted by Gasteiger charge is -2.27. The van der Waals surface area contributed by atoms with Crippen molar-refractivity contribution in [3.63, 3.8) is 0 Å². The number of amides is 1. The van der Waals surface area contributed by atoms with Gasteiger partial charge in [-0.3, -0.25) is 14.2 Å². The second kappa shape index (κ2) is 9.06. The van der Waals surface area contributed by atoms with Crippen LogP contribution in [-0.2, 0) is 13.1 Å². The molecule has 0 atom stereocenters. The van der Waals surface area contributed by atoms with Crippen LogP contribution in [0.2, 0.25) is 0 Å². The Hall–Kier alpha value is -2.93. The van der Waals surface area contributed by atoms with Crippen LogP contribution < -0.4 is 11.3 Å². The van der Waals surface area contributed by atoms with Crippen LogP contribution >= 0.6 is 0 Å². The summed E-state index contributed by atoms with van der Waals surface area (Å²) >= 11 is 0. The number of rotatable bonds is 8. The van der Waals surface area contributed by atoms with E-state index in [9.17, 15) is 9.59 Å². The number of hydrogen-bond acceptors (Lipinski definition) is 5. The monoisotopic (exact) mass is 424 g/mol. The zero-order valence-electron chi connectivity index (χ0n) is 19.0. The van der Waals surface area contributed by atoms with Gasteiger partial charge in [0.2, 0.25) is 5.71 Å². The quantitative estimate of drug-likeness (QED) is 0.595. The van der Waals surface area contributed by atoms with Crippen LogP contribution in [-0.4, -0.2) is 32.4 Å². The molecule has 3 aromatic rings. The third kappa shape index (κ3) is 5.41. The minimum absolute atomic E-state index is 0.199. The molecule has 2 heterocycles. The van der Waals surface area contributed by atoms with Crippen LogP contribution in [0.1, 0.15) is 55.8 Å². The molecule has 2 aromatic heterocycles. The number of carbonyl (C=O) groups is 1. The first kappa shape index (κ1) is 22.7. The van der Waals surface area contributed by atoms with Crippen LogP contribution in [0.3, 0.4) is 0 Å². The van der Waals surface area contributed by atoms with Gasteiger partial charge >= 0.3 is 0 Å². The fraction of sp³-hybridized carbons (Fsp3) is 0.458. The van der Waals surface area contributed by atoms with Gasteiger partial charge in [0, 0.05) is 25.2 Å².